The van der Waals surface area contributed by atoms with E-state index in [2.05, 4.69) is 38.4 Å². The summed E-state index contributed by atoms with van der Waals surface area (Å²) < 4.78 is 35.1. The van der Waals surface area contributed by atoms with E-state index in [0.717, 1.165) is 12.0 Å². The summed E-state index contributed by atoms with van der Waals surface area (Å²) in [6.45, 7) is 1.32. The zero-order valence-electron chi connectivity index (χ0n) is 42.4. The molecule has 0 aliphatic rings. The first-order valence-electron chi connectivity index (χ1n) is 20.7. The summed E-state index contributed by atoms with van der Waals surface area (Å²) in [5.41, 5.74) is 2.00. The molecule has 1 aromatic carbocycles. The van der Waals surface area contributed by atoms with Gasteiger partial charge < -0.3 is 63.0 Å². The van der Waals surface area contributed by atoms with Gasteiger partial charge in [-0.25, -0.2) is 23.8 Å². The Hall–Kier alpha value is -0.580. The molecule has 4 aromatic rings. The fourth-order valence-corrected chi connectivity index (χ4v) is 7.71. The summed E-state index contributed by atoms with van der Waals surface area (Å²) in [4.78, 5) is 75.9. The van der Waals surface area contributed by atoms with Gasteiger partial charge in [-0.1, -0.05) is 23.7 Å². The predicted molar refractivity (Wildman–Crippen MR) is 231 cm³/mol. The molecule has 0 amide bonds. The molecular weight excluding hydrogens is 1030 g/mol. The Morgan fingerprint density at radius 2 is 1.25 bits per heavy atom. The van der Waals surface area contributed by atoms with Crippen molar-refractivity contribution < 1.29 is 220 Å². The van der Waals surface area contributed by atoms with Crippen LogP contribution in [0, 0.1) is 23.7 Å². The van der Waals surface area contributed by atoms with Gasteiger partial charge in [-0.2, -0.15) is 10.2 Å². The molecule has 2 unspecified atom stereocenters. The summed E-state index contributed by atoms with van der Waals surface area (Å²) in [5, 5.41) is 43.0. The van der Waals surface area contributed by atoms with Crippen LogP contribution in [0.25, 0.3) is 11.6 Å². The fraction of sp³-hybridized carbons (Fsp3) is 0.442. The van der Waals surface area contributed by atoms with Gasteiger partial charge in [-0.05, 0) is 58.8 Å². The molecule has 3 heterocycles. The first-order valence-corrected chi connectivity index (χ1v) is 23.8. The Morgan fingerprint density at radius 3 is 1.74 bits per heavy atom. The topological polar surface area (TPSA) is 297 Å². The van der Waals surface area contributed by atoms with E-state index in [1.807, 2.05) is 0 Å². The second-order valence-electron chi connectivity index (χ2n) is 14.3. The summed E-state index contributed by atoms with van der Waals surface area (Å²) >= 11 is 0. The number of rotatable bonds is 29. The molecule has 0 saturated carbocycles. The predicted octanol–water partition coefficient (Wildman–Crippen LogP) is -16.9. The number of pyridine rings is 1. The quantitative estimate of drug-likeness (QED) is 0.0229. The number of carbonyl (C=O) groups is 3. The Kier molecular flexibility index (Phi) is 40.6. The summed E-state index contributed by atoms with van der Waals surface area (Å²) in [7, 11) is -2.25. The zero-order valence-corrected chi connectivity index (χ0v) is 54.2. The molecule has 2 atom stereocenters. The normalized spacial score (nSPS) is 11.6. The number of methoxy groups -OCH3 is 2. The van der Waals surface area contributed by atoms with E-state index in [0.29, 0.717) is 58.8 Å². The van der Waals surface area contributed by atoms with E-state index in [1.165, 1.54) is 28.5 Å². The third-order valence-electron chi connectivity index (χ3n) is 8.95. The van der Waals surface area contributed by atoms with Crippen LogP contribution >= 0.6 is 16.3 Å². The van der Waals surface area contributed by atoms with Crippen molar-refractivity contribution >= 4 is 34.2 Å². The van der Waals surface area contributed by atoms with Gasteiger partial charge in [-0.3, -0.25) is 9.80 Å². The van der Waals surface area contributed by atoms with Crippen LogP contribution in [0.5, 0.6) is 11.5 Å². The average Bonchev–Trinajstić information content (AvgIpc) is 3.94. The third kappa shape index (κ3) is 27.6. The molecule has 1 N–H and O–H groups in total. The van der Waals surface area contributed by atoms with Crippen LogP contribution in [0.2, 0.25) is 0 Å². The number of ether oxygens (including phenoxy) is 4. The Morgan fingerprint density at radius 1 is 0.736 bits per heavy atom. The minimum atomic E-state index is -4.16. The van der Waals surface area contributed by atoms with Crippen molar-refractivity contribution in [3.8, 4) is 46.8 Å². The van der Waals surface area contributed by atoms with E-state index in [9.17, 15) is 44.4 Å². The molecule has 0 bridgehead atoms. The molecule has 4 rings (SSSR count). The van der Waals surface area contributed by atoms with E-state index in [1.54, 1.807) is 55.7 Å². The summed E-state index contributed by atoms with van der Waals surface area (Å²) in [6.07, 6.45) is 3.68. The number of benzene rings is 1. The fourth-order valence-electron chi connectivity index (χ4n) is 5.99. The molecule has 362 valence electrons. The number of hydrogen-bond donors (Lipinski definition) is 1. The molecule has 0 aliphatic heterocycles. The van der Waals surface area contributed by atoms with Crippen molar-refractivity contribution in [1.29, 1.82) is 0 Å². The molecule has 0 saturated heterocycles. The minimum Gasteiger partial charge on any atom is -0.807 e. The van der Waals surface area contributed by atoms with E-state index in [4.69, 9.17) is 28.5 Å². The van der Waals surface area contributed by atoms with Crippen LogP contribution in [0.4, 0.5) is 0 Å². The molecule has 29 heteroatoms. The molecule has 22 nitrogen and oxygen atoms in total. The molecule has 0 fully saturated rings. The molecule has 0 spiro atoms. The van der Waals surface area contributed by atoms with Gasteiger partial charge in [0.2, 0.25) is 7.94 Å². The number of carboxylic acid groups (broad SMARTS) is 3. The second kappa shape index (κ2) is 39.7. The largest absolute Gasteiger partial charge is 1.00 e. The van der Waals surface area contributed by atoms with E-state index >= 15 is 0 Å². The van der Waals surface area contributed by atoms with Crippen LogP contribution < -0.4 is 182 Å². The zero-order chi connectivity index (χ0) is 48.8. The standard InChI is InChI=1S/C43H54N7O15P2.5Na/c1-5-65-66(57)30-47(28-42(53)54)26-35-14-16-49(45-35)39-22-32(23-40(44-39)50-17-15-36(46-50)27-48(29-43(55)56)31-67(58,59)62-4)12-13-34-25-37(63-20-18-60-2)33(24-38(34)64-21-19-61-3)10-8-6-7-9-11-41(51)52;;;;;/h14-17,22-25H,5-7,9,11,18-21,26-31H2,1-4H3,(H,51,52)(H,53,54)(H,55,56)(H,58,59);;;;;/q-1;5*+1/p-3. The molecule has 0 aliphatic carbocycles. The SMILES string of the molecule is CCOP([O-])CN(CC(=O)[O-])Cc1ccn(-c2cc(C#Cc3cc(OCCOC)c(C#CCCCCC(=O)[O-])cc3OCCOC)cc(-n3ccc(CN(CC(=O)[O-])C[P+]([O-])(O)OC)n3)n2)n1.[Na+].[Na+].[Na+].[Na+].[Na+]. The van der Waals surface area contributed by atoms with Crippen molar-refractivity contribution in [3.05, 3.63) is 76.9 Å². The van der Waals surface area contributed by atoms with E-state index < -0.39 is 53.6 Å². The number of aromatic nitrogens is 5. The van der Waals surface area contributed by atoms with Gasteiger partial charge in [0.25, 0.3) is 0 Å². The maximum Gasteiger partial charge on any atom is 1.00 e. The smallest absolute Gasteiger partial charge is 0.807 e. The molecule has 0 radical (unpaired) electrons. The number of aliphatic carboxylic acids is 3. The maximum absolute atomic E-state index is 12.4. The first-order chi connectivity index (χ1) is 32.1. The Labute approximate surface area is 531 Å². The van der Waals surface area contributed by atoms with Crippen LogP contribution in [-0.4, -0.2) is 137 Å². The van der Waals surface area contributed by atoms with Crippen LogP contribution in [0.1, 0.15) is 60.7 Å². The monoisotopic (exact) mass is 1080 g/mol. The van der Waals surface area contributed by atoms with Crippen LogP contribution in [-0.2, 0) is 46.0 Å². The molecular formula is C43H51N7Na5O15P2+. The Balaban J connectivity index is 0. The van der Waals surface area contributed by atoms with Crippen LogP contribution in [0.15, 0.2) is 48.8 Å². The summed E-state index contributed by atoms with van der Waals surface area (Å²) in [5.74, 6) is 9.70. The number of unbranched alkanes of at least 4 members (excludes halogenated alkanes) is 2. The van der Waals surface area contributed by atoms with Gasteiger partial charge in [-0.15, -0.1) is 0 Å². The Bertz CT molecular complexity index is 2400. The average molecular weight is 1080 g/mol. The molecule has 72 heavy (non-hydrogen) atoms. The molecule has 3 aromatic heterocycles. The van der Waals surface area contributed by atoms with Crippen molar-refractivity contribution in [2.75, 3.05) is 80.0 Å². The van der Waals surface area contributed by atoms with Gasteiger partial charge in [0.1, 0.15) is 24.7 Å². The number of carbonyl (C=O) groups excluding carboxylic acids is 3. The van der Waals surface area contributed by atoms with E-state index in [-0.39, 0.29) is 218 Å². The van der Waals surface area contributed by atoms with Crippen molar-refractivity contribution in [1.82, 2.24) is 34.3 Å². The van der Waals surface area contributed by atoms with Gasteiger partial charge in [0.15, 0.2) is 17.9 Å². The van der Waals surface area contributed by atoms with Crippen molar-refractivity contribution in [2.45, 2.75) is 45.7 Å². The summed E-state index contributed by atoms with van der Waals surface area (Å²) in [6, 6.07) is 9.82. The number of carboxylic acids is 3. The second-order valence-corrected chi connectivity index (χ2v) is 17.4. The first kappa shape index (κ1) is 73.5. The van der Waals surface area contributed by atoms with Crippen LogP contribution in [0.3, 0.4) is 0 Å². The number of hydrogen-bond acceptors (Lipinski definition) is 20. The number of nitrogens with zero attached hydrogens (tertiary/aromatic N) is 7. The van der Waals surface area contributed by atoms with Crippen molar-refractivity contribution in [2.24, 2.45) is 0 Å². The van der Waals surface area contributed by atoms with Gasteiger partial charge in [0.05, 0.1) is 54.8 Å². The minimum absolute atomic E-state index is 0. The van der Waals surface area contributed by atoms with Gasteiger partial charge in [0, 0.05) is 95.8 Å². The van der Waals surface area contributed by atoms with Gasteiger partial charge >= 0.3 is 148 Å². The maximum atomic E-state index is 12.4. The van der Waals surface area contributed by atoms with Crippen molar-refractivity contribution in [3.63, 3.8) is 0 Å². The third-order valence-corrected chi connectivity index (χ3v) is 11.5.